The van der Waals surface area contributed by atoms with Gasteiger partial charge in [-0.05, 0) is 48.7 Å². The van der Waals surface area contributed by atoms with Crippen molar-refractivity contribution in [2.45, 2.75) is 44.2 Å². The van der Waals surface area contributed by atoms with Gasteiger partial charge in [0, 0.05) is 30.9 Å². The van der Waals surface area contributed by atoms with Crippen molar-refractivity contribution in [3.8, 4) is 11.8 Å². The summed E-state index contributed by atoms with van der Waals surface area (Å²) < 4.78 is 6.39. The molecule has 1 atom stereocenters. The van der Waals surface area contributed by atoms with Crippen LogP contribution >= 0.6 is 0 Å². The van der Waals surface area contributed by atoms with Gasteiger partial charge in [0.1, 0.15) is 11.4 Å². The number of nitrogens with zero attached hydrogens (tertiary/aromatic N) is 3. The van der Waals surface area contributed by atoms with Gasteiger partial charge in [-0.1, -0.05) is 61.4 Å². The van der Waals surface area contributed by atoms with Crippen molar-refractivity contribution in [2.24, 2.45) is 0 Å². The van der Waals surface area contributed by atoms with Crippen molar-refractivity contribution in [1.29, 1.82) is 0 Å². The number of aliphatic hydroxyl groups excluding tert-OH is 1. The third kappa shape index (κ3) is 8.99. The van der Waals surface area contributed by atoms with Crippen LogP contribution in [0.2, 0.25) is 0 Å². The van der Waals surface area contributed by atoms with Crippen LogP contribution in [-0.4, -0.2) is 71.0 Å². The standard InChI is InChI=1S/C31H31N5O3.C4H9NO/c37-21-28(23-10-3-1-4-11-23)36-18-8-14-25(31(36)39)30(38)32-17-7-9-22-15-16-26-27(19-22)35-29(20-33-26)34-24-12-5-2-6-13-24;1-3-6-4-2-5-1/h1,3-4,8,10-11,14-16,18-20,24,28,37H,2,5-6,12-13,17,21H2,(H,32,38)(H,34,35);5H,1-4H2/t28-;/m1./s1. The van der Waals surface area contributed by atoms with E-state index in [4.69, 9.17) is 9.72 Å². The minimum absolute atomic E-state index is 0.00680. The molecule has 1 saturated carbocycles. The Kier molecular flexibility index (Phi) is 11.7. The van der Waals surface area contributed by atoms with Crippen LogP contribution < -0.4 is 21.5 Å². The molecule has 4 N–H and O–H groups in total. The summed E-state index contributed by atoms with van der Waals surface area (Å²) in [4.78, 5) is 35.1. The molecule has 0 radical (unpaired) electrons. The van der Waals surface area contributed by atoms with Crippen molar-refractivity contribution in [2.75, 3.05) is 44.8 Å². The van der Waals surface area contributed by atoms with E-state index in [2.05, 4.69) is 32.8 Å². The molecule has 45 heavy (non-hydrogen) atoms. The van der Waals surface area contributed by atoms with Gasteiger partial charge in [0.05, 0.1) is 49.6 Å². The van der Waals surface area contributed by atoms with E-state index < -0.39 is 17.5 Å². The van der Waals surface area contributed by atoms with Crippen LogP contribution in [-0.2, 0) is 4.74 Å². The average molecular weight is 609 g/mol. The number of carbonyl (C=O) groups is 1. The van der Waals surface area contributed by atoms with Gasteiger partial charge in [-0.15, -0.1) is 0 Å². The zero-order valence-electron chi connectivity index (χ0n) is 25.4. The quantitative estimate of drug-likeness (QED) is 0.235. The zero-order valence-corrected chi connectivity index (χ0v) is 25.4. The molecule has 2 aromatic heterocycles. The van der Waals surface area contributed by atoms with Gasteiger partial charge in [0.15, 0.2) is 0 Å². The molecule has 2 aromatic carbocycles. The largest absolute Gasteiger partial charge is 0.394 e. The van der Waals surface area contributed by atoms with Gasteiger partial charge in [0.2, 0.25) is 0 Å². The summed E-state index contributed by atoms with van der Waals surface area (Å²) in [6, 6.07) is 17.8. The van der Waals surface area contributed by atoms with E-state index in [1.165, 1.54) is 29.9 Å². The van der Waals surface area contributed by atoms with E-state index in [0.717, 1.165) is 67.1 Å². The molecule has 1 aliphatic carbocycles. The number of ether oxygens (including phenoxy) is 1. The summed E-state index contributed by atoms with van der Waals surface area (Å²) in [5.41, 5.74) is 2.61. The highest BCUT2D eigenvalue weighted by atomic mass is 16.5. The SMILES string of the molecule is C1COCCN1.O=C(NCC#Cc1ccc2ncc(NC3CCCCC3)nc2c1)c1cccn([C@H](CO)c2ccccc2)c1=O. The predicted octanol–water partition coefficient (Wildman–Crippen LogP) is 3.51. The van der Waals surface area contributed by atoms with Crippen molar-refractivity contribution in [1.82, 2.24) is 25.2 Å². The number of hydrogen-bond donors (Lipinski definition) is 4. The molecule has 10 heteroatoms. The fourth-order valence-electron chi connectivity index (χ4n) is 5.45. The van der Waals surface area contributed by atoms with Gasteiger partial charge in [0.25, 0.3) is 11.5 Å². The number of aromatic nitrogens is 3. The number of hydrogen-bond acceptors (Lipinski definition) is 8. The Morgan fingerprint density at radius 1 is 1.04 bits per heavy atom. The molecule has 0 unspecified atom stereocenters. The number of pyridine rings is 1. The summed E-state index contributed by atoms with van der Waals surface area (Å²) >= 11 is 0. The molecule has 1 aliphatic heterocycles. The first-order valence-electron chi connectivity index (χ1n) is 15.6. The Bertz CT molecular complexity index is 1660. The molecule has 4 aromatic rings. The lowest BCUT2D eigenvalue weighted by Crippen LogP contribution is -2.35. The van der Waals surface area contributed by atoms with Crippen molar-refractivity contribution in [3.05, 3.63) is 100 Å². The third-order valence-corrected chi connectivity index (χ3v) is 7.83. The van der Waals surface area contributed by atoms with Crippen LogP contribution in [0.4, 0.5) is 5.82 Å². The molecule has 3 heterocycles. The minimum atomic E-state index is -0.583. The van der Waals surface area contributed by atoms with Crippen LogP contribution in [0.3, 0.4) is 0 Å². The smallest absolute Gasteiger partial charge is 0.264 e. The van der Waals surface area contributed by atoms with E-state index >= 15 is 0 Å². The molecule has 0 bridgehead atoms. The second-order valence-corrected chi connectivity index (χ2v) is 11.0. The number of benzene rings is 2. The van der Waals surface area contributed by atoms with Gasteiger partial charge in [-0.25, -0.2) is 4.98 Å². The Morgan fingerprint density at radius 2 is 1.84 bits per heavy atom. The van der Waals surface area contributed by atoms with Gasteiger partial charge in [-0.2, -0.15) is 0 Å². The average Bonchev–Trinajstić information content (AvgIpc) is 3.09. The second kappa shape index (κ2) is 16.5. The normalized spacial score (nSPS) is 15.6. The number of amides is 1. The highest BCUT2D eigenvalue weighted by Crippen LogP contribution is 2.22. The number of aliphatic hydroxyl groups is 1. The lowest BCUT2D eigenvalue weighted by Gasteiger charge is -2.23. The van der Waals surface area contributed by atoms with Crippen LogP contribution in [0.1, 0.15) is 59.6 Å². The van der Waals surface area contributed by atoms with Crippen LogP contribution in [0.15, 0.2) is 77.9 Å². The van der Waals surface area contributed by atoms with E-state index in [9.17, 15) is 14.7 Å². The first-order chi connectivity index (χ1) is 22.1. The van der Waals surface area contributed by atoms with Crippen LogP contribution in [0, 0.1) is 11.8 Å². The van der Waals surface area contributed by atoms with Crippen molar-refractivity contribution < 1.29 is 14.6 Å². The second-order valence-electron chi connectivity index (χ2n) is 11.0. The summed E-state index contributed by atoms with van der Waals surface area (Å²) in [6.07, 6.45) is 9.44. The highest BCUT2D eigenvalue weighted by Gasteiger charge is 2.18. The van der Waals surface area contributed by atoms with E-state index in [0.29, 0.717) is 6.04 Å². The molecule has 0 spiro atoms. The molecule has 1 saturated heterocycles. The molecule has 1 amide bonds. The summed E-state index contributed by atoms with van der Waals surface area (Å²) in [6.45, 7) is 3.64. The van der Waals surface area contributed by atoms with Crippen molar-refractivity contribution >= 4 is 22.8 Å². The zero-order chi connectivity index (χ0) is 31.3. The number of morpholine rings is 1. The van der Waals surface area contributed by atoms with E-state index in [-0.39, 0.29) is 18.7 Å². The first kappa shape index (κ1) is 31.9. The topological polar surface area (TPSA) is 130 Å². The number of fused-ring (bicyclic) bond motifs is 1. The fourth-order valence-corrected chi connectivity index (χ4v) is 5.45. The first-order valence-corrected chi connectivity index (χ1v) is 15.6. The van der Waals surface area contributed by atoms with Crippen LogP contribution in [0.5, 0.6) is 0 Å². The molecule has 2 fully saturated rings. The van der Waals surface area contributed by atoms with Crippen molar-refractivity contribution in [3.63, 3.8) is 0 Å². The lowest BCUT2D eigenvalue weighted by molar-refractivity contribution is 0.0956. The summed E-state index contributed by atoms with van der Waals surface area (Å²) in [5.74, 6) is 6.25. The molecule has 10 nitrogen and oxygen atoms in total. The lowest BCUT2D eigenvalue weighted by atomic mass is 9.95. The molecule has 2 aliphatic rings. The highest BCUT2D eigenvalue weighted by molar-refractivity contribution is 5.94. The monoisotopic (exact) mass is 608 g/mol. The maximum atomic E-state index is 13.1. The molecule has 6 rings (SSSR count). The fraction of sp³-hybridized carbons (Fsp3) is 0.371. The van der Waals surface area contributed by atoms with Gasteiger partial charge >= 0.3 is 0 Å². The minimum Gasteiger partial charge on any atom is -0.394 e. The predicted molar refractivity (Wildman–Crippen MR) is 175 cm³/mol. The molecular formula is C35H40N6O4. The summed E-state index contributed by atoms with van der Waals surface area (Å²) in [5, 5.41) is 19.3. The van der Waals surface area contributed by atoms with Crippen LogP contribution in [0.25, 0.3) is 11.0 Å². The van der Waals surface area contributed by atoms with E-state index in [1.54, 1.807) is 18.5 Å². The number of rotatable bonds is 7. The number of nitrogens with one attached hydrogen (secondary N) is 3. The van der Waals surface area contributed by atoms with E-state index in [1.807, 2.05) is 48.5 Å². The number of carbonyl (C=O) groups excluding carboxylic acids is 1. The third-order valence-electron chi connectivity index (χ3n) is 7.83. The molecule has 234 valence electrons. The Labute approximate surface area is 263 Å². The maximum Gasteiger partial charge on any atom is 0.264 e. The Balaban J connectivity index is 0.000000598. The summed E-state index contributed by atoms with van der Waals surface area (Å²) in [7, 11) is 0. The number of anilines is 1. The van der Waals surface area contributed by atoms with Gasteiger partial charge in [-0.3, -0.25) is 14.6 Å². The van der Waals surface area contributed by atoms with Gasteiger partial charge < -0.3 is 30.4 Å². The Hall–Kier alpha value is -4.56. The maximum absolute atomic E-state index is 13.1. The Morgan fingerprint density at radius 3 is 2.56 bits per heavy atom. The molecular weight excluding hydrogens is 568 g/mol.